The van der Waals surface area contributed by atoms with E-state index in [9.17, 15) is 29.1 Å². The first kappa shape index (κ1) is 35.8. The highest BCUT2D eigenvalue weighted by molar-refractivity contribution is 5.95. The number of hydrogen-bond acceptors (Lipinski definition) is 10. The molecule has 13 heteroatoms. The number of oxazole rings is 1. The van der Waals surface area contributed by atoms with Crippen LogP contribution in [0.2, 0.25) is 0 Å². The van der Waals surface area contributed by atoms with Crippen LogP contribution >= 0.6 is 0 Å². The number of anilines is 1. The second kappa shape index (κ2) is 17.2. The molecule has 2 aliphatic heterocycles. The number of carbonyl (C=O) groups excluding carboxylic acids is 5. The molecule has 48 heavy (non-hydrogen) atoms. The summed E-state index contributed by atoms with van der Waals surface area (Å²) in [6, 6.07) is 7.89. The summed E-state index contributed by atoms with van der Waals surface area (Å²) in [6.45, 7) is 5.68. The molecule has 0 unspecified atom stereocenters. The number of ketones is 1. The van der Waals surface area contributed by atoms with Crippen molar-refractivity contribution in [2.45, 2.75) is 64.7 Å². The Balaban J connectivity index is 1.54. The fraction of sp³-hybridized carbons (Fsp3) is 0.429. The lowest BCUT2D eigenvalue weighted by Crippen LogP contribution is -2.44. The van der Waals surface area contributed by atoms with E-state index in [0.717, 1.165) is 6.26 Å². The number of cyclic esters (lactones) is 1. The Kier molecular flexibility index (Phi) is 12.8. The summed E-state index contributed by atoms with van der Waals surface area (Å²) in [4.78, 5) is 70.2. The number of Topliss-reactive ketones (excluding diaryl/α,β-unsaturated/α-hetero) is 1. The predicted octanol–water partition coefficient (Wildman–Crippen LogP) is 3.76. The number of ether oxygens (including phenoxy) is 2. The number of amides is 3. The first-order valence-corrected chi connectivity index (χ1v) is 16.0. The quantitative estimate of drug-likeness (QED) is 0.409. The summed E-state index contributed by atoms with van der Waals surface area (Å²) >= 11 is 0. The second-order valence-electron chi connectivity index (χ2n) is 12.0. The number of carbonyl (C=O) groups is 5. The van der Waals surface area contributed by atoms with Gasteiger partial charge in [0.1, 0.15) is 24.2 Å². The van der Waals surface area contributed by atoms with Gasteiger partial charge >= 0.3 is 12.1 Å². The summed E-state index contributed by atoms with van der Waals surface area (Å²) in [5.74, 6) is -2.87. The van der Waals surface area contributed by atoms with Crippen LogP contribution in [0.25, 0.3) is 0 Å². The third-order valence-electron chi connectivity index (χ3n) is 7.95. The highest BCUT2D eigenvalue weighted by atomic mass is 16.6. The number of fused-ring (bicyclic) bond motifs is 3. The van der Waals surface area contributed by atoms with Crippen molar-refractivity contribution >= 4 is 35.3 Å². The van der Waals surface area contributed by atoms with Crippen molar-refractivity contribution in [1.29, 1.82) is 0 Å². The number of aliphatic hydroxyl groups excluding tert-OH is 1. The molecule has 4 rings (SSSR count). The summed E-state index contributed by atoms with van der Waals surface area (Å²) in [5, 5.41) is 15.7. The van der Waals surface area contributed by atoms with Crippen LogP contribution in [0.1, 0.15) is 56.4 Å². The minimum Gasteiger partial charge on any atom is -0.460 e. The van der Waals surface area contributed by atoms with Gasteiger partial charge in [0.15, 0.2) is 5.69 Å². The largest absolute Gasteiger partial charge is 0.460 e. The molecule has 13 nitrogen and oxygen atoms in total. The molecule has 0 radical (unpaired) electrons. The fourth-order valence-electron chi connectivity index (χ4n) is 5.53. The third kappa shape index (κ3) is 10.5. The van der Waals surface area contributed by atoms with Crippen LogP contribution in [0.15, 0.2) is 77.0 Å². The Morgan fingerprint density at radius 1 is 1.19 bits per heavy atom. The van der Waals surface area contributed by atoms with E-state index >= 15 is 0 Å². The molecule has 1 saturated heterocycles. The zero-order valence-electron chi connectivity index (χ0n) is 27.3. The van der Waals surface area contributed by atoms with E-state index in [1.807, 2.05) is 6.07 Å². The number of allylic oxidation sites excluding steroid dienone is 2. The predicted molar refractivity (Wildman–Crippen MR) is 175 cm³/mol. The maximum Gasteiger partial charge on any atom is 0.411 e. The molecular formula is C35H42N4O9. The van der Waals surface area contributed by atoms with E-state index in [0.29, 0.717) is 24.1 Å². The van der Waals surface area contributed by atoms with Gasteiger partial charge in [-0.2, -0.15) is 0 Å². The van der Waals surface area contributed by atoms with Gasteiger partial charge in [-0.1, -0.05) is 61.9 Å². The maximum atomic E-state index is 13.6. The van der Waals surface area contributed by atoms with E-state index < -0.39 is 48.1 Å². The van der Waals surface area contributed by atoms with Crippen LogP contribution in [0.3, 0.4) is 0 Å². The summed E-state index contributed by atoms with van der Waals surface area (Å²) in [7, 11) is 0. The average Bonchev–Trinajstić information content (AvgIpc) is 3.73. The number of rotatable bonds is 4. The van der Waals surface area contributed by atoms with Crippen molar-refractivity contribution in [3.8, 4) is 0 Å². The standard InChI is InChI=1S/C35H42N4O9/c1-22-9-7-15-36-30(42)14-13-23(2)32(24(3)20-47-35(45)37-25-10-5-4-6-11-25)48-34(44)29-12-8-16-39(29)33(43)28-21-46-31(38-28)19-27(41)18-26(40)17-22/h4-7,9-11,13-14,17,21,23-24,26,29,32,40H,8,12,15-16,18-20H2,1-3H3,(H,36,42)(H,37,45)/b9-7?,14-13+,22-17?/t23-,24+,26-,29-,32+/m1/s1. The van der Waals surface area contributed by atoms with E-state index in [1.165, 1.54) is 17.1 Å². The van der Waals surface area contributed by atoms with Gasteiger partial charge in [-0.05, 0) is 38.0 Å². The molecule has 0 spiro atoms. The van der Waals surface area contributed by atoms with Gasteiger partial charge < -0.3 is 29.2 Å². The zero-order valence-corrected chi connectivity index (χ0v) is 27.3. The number of esters is 1. The zero-order chi connectivity index (χ0) is 34.6. The number of nitrogens with one attached hydrogen (secondary N) is 2. The molecule has 5 atom stereocenters. The van der Waals surface area contributed by atoms with Gasteiger partial charge in [-0.25, -0.2) is 14.6 Å². The van der Waals surface area contributed by atoms with Gasteiger partial charge in [0.05, 0.1) is 19.1 Å². The highest BCUT2D eigenvalue weighted by Gasteiger charge is 2.39. The Labute approximate surface area is 279 Å². The number of hydrogen-bond donors (Lipinski definition) is 3. The normalized spacial score (nSPS) is 24.5. The van der Waals surface area contributed by atoms with Crippen molar-refractivity contribution in [2.75, 3.05) is 25.0 Å². The monoisotopic (exact) mass is 662 g/mol. The molecule has 1 aromatic heterocycles. The fourth-order valence-corrected chi connectivity index (χ4v) is 5.53. The van der Waals surface area contributed by atoms with E-state index in [4.69, 9.17) is 13.9 Å². The maximum absolute atomic E-state index is 13.6. The van der Waals surface area contributed by atoms with Gasteiger partial charge in [-0.15, -0.1) is 0 Å². The van der Waals surface area contributed by atoms with Gasteiger partial charge in [-0.3, -0.25) is 19.7 Å². The topological polar surface area (TPSA) is 177 Å². The molecule has 1 fully saturated rings. The van der Waals surface area contributed by atoms with Crippen molar-refractivity contribution in [2.24, 2.45) is 11.8 Å². The lowest BCUT2D eigenvalue weighted by Gasteiger charge is -2.30. The minimum atomic E-state index is -1.05. The Morgan fingerprint density at radius 3 is 2.73 bits per heavy atom. The van der Waals surface area contributed by atoms with Crippen molar-refractivity contribution in [3.63, 3.8) is 0 Å². The number of aliphatic hydroxyl groups is 1. The van der Waals surface area contributed by atoms with E-state index in [2.05, 4.69) is 15.6 Å². The SMILES string of the molecule is CC1=C[C@@H](O)CC(=O)Cc2nc(co2)C(=O)N2CCC[C@@H]2C(=O)O[C@H]([C@@H](C)COC(=O)Nc2ccccc2)[C@H](C)/C=C/C(=O)NCC=C1. The Morgan fingerprint density at radius 2 is 1.96 bits per heavy atom. The molecule has 1 aromatic carbocycles. The first-order chi connectivity index (χ1) is 23.0. The van der Waals surface area contributed by atoms with Crippen LogP contribution < -0.4 is 10.6 Å². The van der Waals surface area contributed by atoms with Crippen LogP contribution in [0, 0.1) is 11.8 Å². The van der Waals surface area contributed by atoms with Crippen molar-refractivity contribution in [3.05, 3.63) is 84.1 Å². The average molecular weight is 663 g/mol. The van der Waals surface area contributed by atoms with Gasteiger partial charge in [0.2, 0.25) is 11.8 Å². The van der Waals surface area contributed by atoms with Crippen LogP contribution in [-0.2, 0) is 30.3 Å². The molecule has 2 aromatic rings. The molecule has 2 aliphatic rings. The molecule has 0 saturated carbocycles. The number of aromatic nitrogens is 1. The second-order valence-corrected chi connectivity index (χ2v) is 12.0. The number of nitrogens with zero attached hydrogens (tertiary/aromatic N) is 2. The van der Waals surface area contributed by atoms with Crippen LogP contribution in [0.4, 0.5) is 10.5 Å². The molecular weight excluding hydrogens is 620 g/mol. The van der Waals surface area contributed by atoms with E-state index in [-0.39, 0.29) is 55.8 Å². The summed E-state index contributed by atoms with van der Waals surface area (Å²) < 4.78 is 16.8. The van der Waals surface area contributed by atoms with Crippen molar-refractivity contribution in [1.82, 2.24) is 15.2 Å². The van der Waals surface area contributed by atoms with Gasteiger partial charge in [0, 0.05) is 37.0 Å². The molecule has 0 aliphatic carbocycles. The first-order valence-electron chi connectivity index (χ1n) is 16.0. The smallest absolute Gasteiger partial charge is 0.411 e. The molecule has 3 N–H and O–H groups in total. The lowest BCUT2D eigenvalue weighted by molar-refractivity contribution is -0.159. The molecule has 2 bridgehead atoms. The molecule has 3 amide bonds. The van der Waals surface area contributed by atoms with Gasteiger partial charge in [0.25, 0.3) is 5.91 Å². The van der Waals surface area contributed by atoms with Crippen molar-refractivity contribution < 1.29 is 43.0 Å². The van der Waals surface area contributed by atoms with E-state index in [1.54, 1.807) is 63.3 Å². The molecule has 3 heterocycles. The third-order valence-corrected chi connectivity index (χ3v) is 7.95. The van der Waals surface area contributed by atoms with Crippen LogP contribution in [-0.4, -0.2) is 82.6 Å². The van der Waals surface area contributed by atoms with Crippen LogP contribution in [0.5, 0.6) is 0 Å². The Bertz CT molecular complexity index is 1550. The highest BCUT2D eigenvalue weighted by Crippen LogP contribution is 2.26. The Hall–Kier alpha value is -5.04. The molecule has 256 valence electrons. The number of benzene rings is 1. The summed E-state index contributed by atoms with van der Waals surface area (Å²) in [5.41, 5.74) is 1.19. The lowest BCUT2D eigenvalue weighted by atomic mass is 9.93. The minimum absolute atomic E-state index is 0.0226. The number of para-hydroxylation sites is 1. The summed E-state index contributed by atoms with van der Waals surface area (Å²) in [6.07, 6.45) is 6.99.